The zero-order valence-corrected chi connectivity index (χ0v) is 15.2. The van der Waals surface area contributed by atoms with Gasteiger partial charge in [-0.1, -0.05) is 62.4 Å². The first kappa shape index (κ1) is 17.4. The normalized spacial score (nSPS) is 11.2. The minimum absolute atomic E-state index is 0.965. The van der Waals surface area contributed by atoms with Gasteiger partial charge in [0, 0.05) is 17.5 Å². The van der Waals surface area contributed by atoms with Gasteiger partial charge in [0.15, 0.2) is 0 Å². The van der Waals surface area contributed by atoms with E-state index in [1.165, 1.54) is 5.39 Å². The number of fused-ring (bicyclic) bond motifs is 1. The molecule has 3 heteroatoms. The van der Waals surface area contributed by atoms with Crippen LogP contribution in [0.15, 0.2) is 60.7 Å². The molecule has 0 spiro atoms. The Morgan fingerprint density at radius 1 is 0.880 bits per heavy atom. The first-order valence-corrected chi connectivity index (χ1v) is 9.23. The summed E-state index contributed by atoms with van der Waals surface area (Å²) in [4.78, 5) is 7.37. The smallest absolute Gasteiger partial charge is 0.0940 e. The maximum Gasteiger partial charge on any atom is 0.0940 e. The van der Waals surface area contributed by atoms with Gasteiger partial charge >= 0.3 is 0 Å². The van der Waals surface area contributed by atoms with Crippen LogP contribution in [-0.2, 0) is 0 Å². The van der Waals surface area contributed by atoms with Crippen LogP contribution in [0.3, 0.4) is 0 Å². The molecule has 1 aromatic heterocycles. The van der Waals surface area contributed by atoms with Gasteiger partial charge in [0.25, 0.3) is 0 Å². The lowest BCUT2D eigenvalue weighted by Crippen LogP contribution is -2.25. The highest BCUT2D eigenvalue weighted by Crippen LogP contribution is 2.25. The molecule has 0 amide bonds. The van der Waals surface area contributed by atoms with Crippen LogP contribution in [0.5, 0.6) is 0 Å². The molecule has 1 heterocycles. The molecule has 3 aromatic rings. The van der Waals surface area contributed by atoms with Gasteiger partial charge in [0.1, 0.15) is 0 Å². The van der Waals surface area contributed by atoms with Gasteiger partial charge in [0.2, 0.25) is 0 Å². The lowest BCUT2D eigenvalue weighted by Gasteiger charge is -2.18. The van der Waals surface area contributed by atoms with Crippen molar-refractivity contribution in [2.75, 3.05) is 31.5 Å². The first-order chi connectivity index (χ1) is 12.3. The average molecular weight is 333 g/mol. The summed E-state index contributed by atoms with van der Waals surface area (Å²) >= 11 is 0. The van der Waals surface area contributed by atoms with E-state index < -0.39 is 0 Å². The van der Waals surface area contributed by atoms with Crippen molar-refractivity contribution in [3.05, 3.63) is 60.7 Å². The Morgan fingerprint density at radius 3 is 2.44 bits per heavy atom. The molecule has 0 aliphatic carbocycles. The van der Waals surface area contributed by atoms with Crippen LogP contribution in [0.4, 0.5) is 5.69 Å². The van der Waals surface area contributed by atoms with E-state index in [1.807, 2.05) is 6.07 Å². The van der Waals surface area contributed by atoms with E-state index in [2.05, 4.69) is 78.7 Å². The molecule has 3 nitrogen and oxygen atoms in total. The number of hydrogen-bond acceptors (Lipinski definition) is 3. The second kappa shape index (κ2) is 8.63. The van der Waals surface area contributed by atoms with Gasteiger partial charge in [-0.3, -0.25) is 0 Å². The highest BCUT2D eigenvalue weighted by molar-refractivity contribution is 5.91. The van der Waals surface area contributed by atoms with E-state index >= 15 is 0 Å². The van der Waals surface area contributed by atoms with Crippen molar-refractivity contribution in [1.29, 1.82) is 0 Å². The van der Waals surface area contributed by atoms with Crippen molar-refractivity contribution in [1.82, 2.24) is 9.88 Å². The van der Waals surface area contributed by atoms with Crippen LogP contribution in [-0.4, -0.2) is 36.1 Å². The molecule has 0 bridgehead atoms. The molecule has 2 aromatic carbocycles. The van der Waals surface area contributed by atoms with Gasteiger partial charge in [-0.2, -0.15) is 0 Å². The fourth-order valence-electron chi connectivity index (χ4n) is 3.12. The molecule has 0 radical (unpaired) electrons. The highest BCUT2D eigenvalue weighted by Gasteiger charge is 2.06. The van der Waals surface area contributed by atoms with E-state index in [1.54, 1.807) is 0 Å². The molecule has 0 saturated heterocycles. The molecule has 0 aliphatic heterocycles. The molecule has 1 N–H and O–H groups in total. The summed E-state index contributed by atoms with van der Waals surface area (Å²) < 4.78 is 0. The second-order valence-corrected chi connectivity index (χ2v) is 6.25. The number of nitrogens with zero attached hydrogens (tertiary/aromatic N) is 2. The molecule has 0 aliphatic rings. The number of rotatable bonds is 8. The summed E-state index contributed by atoms with van der Waals surface area (Å²) in [5, 5.41) is 4.76. The van der Waals surface area contributed by atoms with Crippen LogP contribution in [0, 0.1) is 0 Å². The molecule has 25 heavy (non-hydrogen) atoms. The lowest BCUT2D eigenvalue weighted by atomic mass is 10.1. The Kier molecular flexibility index (Phi) is 6.02. The molecule has 0 fully saturated rings. The monoisotopic (exact) mass is 333 g/mol. The summed E-state index contributed by atoms with van der Waals surface area (Å²) in [6, 6.07) is 21.0. The van der Waals surface area contributed by atoms with Crippen molar-refractivity contribution in [3.8, 4) is 11.3 Å². The minimum Gasteiger partial charge on any atom is -0.383 e. The van der Waals surface area contributed by atoms with Crippen LogP contribution < -0.4 is 5.32 Å². The third-order valence-electron chi connectivity index (χ3n) is 4.65. The Hall–Kier alpha value is -2.39. The molecular weight excluding hydrogens is 306 g/mol. The van der Waals surface area contributed by atoms with Gasteiger partial charge in [-0.25, -0.2) is 4.98 Å². The van der Waals surface area contributed by atoms with E-state index in [0.29, 0.717) is 0 Å². The Morgan fingerprint density at radius 2 is 1.68 bits per heavy atom. The van der Waals surface area contributed by atoms with Gasteiger partial charge < -0.3 is 10.2 Å². The van der Waals surface area contributed by atoms with Gasteiger partial charge in [0.05, 0.1) is 16.9 Å². The zero-order valence-electron chi connectivity index (χ0n) is 15.2. The number of nitrogens with one attached hydrogen (secondary N) is 1. The van der Waals surface area contributed by atoms with Crippen molar-refractivity contribution >= 4 is 16.6 Å². The van der Waals surface area contributed by atoms with E-state index in [4.69, 9.17) is 4.98 Å². The number of pyridine rings is 1. The van der Waals surface area contributed by atoms with E-state index in [-0.39, 0.29) is 0 Å². The summed E-state index contributed by atoms with van der Waals surface area (Å²) in [5.74, 6) is 0. The number of aromatic nitrogens is 1. The molecular formula is C22H27N3. The summed E-state index contributed by atoms with van der Waals surface area (Å²) in [6.45, 7) is 8.77. The second-order valence-electron chi connectivity index (χ2n) is 6.25. The third-order valence-corrected chi connectivity index (χ3v) is 4.65. The topological polar surface area (TPSA) is 28.2 Å². The Balaban J connectivity index is 1.76. The number of benzene rings is 2. The number of hydrogen-bond donors (Lipinski definition) is 1. The van der Waals surface area contributed by atoms with Gasteiger partial charge in [-0.15, -0.1) is 0 Å². The van der Waals surface area contributed by atoms with Gasteiger partial charge in [-0.05, 0) is 38.2 Å². The molecule has 0 atom stereocenters. The Labute approximate surface area is 150 Å². The fourth-order valence-corrected chi connectivity index (χ4v) is 3.12. The maximum atomic E-state index is 4.92. The average Bonchev–Trinajstić information content (AvgIpc) is 2.68. The Bertz CT molecular complexity index is 795. The fraction of sp³-hybridized carbons (Fsp3) is 0.318. The van der Waals surface area contributed by atoms with Crippen LogP contribution >= 0.6 is 0 Å². The summed E-state index contributed by atoms with van der Waals surface area (Å²) in [7, 11) is 0. The molecule has 3 rings (SSSR count). The van der Waals surface area contributed by atoms with Crippen molar-refractivity contribution in [2.45, 2.75) is 20.3 Å². The van der Waals surface area contributed by atoms with Crippen LogP contribution in [0.1, 0.15) is 20.3 Å². The molecule has 0 saturated carbocycles. The quantitative estimate of drug-likeness (QED) is 0.585. The van der Waals surface area contributed by atoms with E-state index in [9.17, 15) is 0 Å². The van der Waals surface area contributed by atoms with E-state index in [0.717, 1.165) is 55.1 Å². The number of anilines is 1. The predicted molar refractivity (Wildman–Crippen MR) is 108 cm³/mol. The SMILES string of the molecule is CCN(CC)CCCNc1cccc2ccc(-c3ccccc3)nc12. The minimum atomic E-state index is 0.965. The van der Waals surface area contributed by atoms with Crippen molar-refractivity contribution in [3.63, 3.8) is 0 Å². The standard InChI is InChI=1S/C22H27N3/c1-3-25(4-2)17-9-16-23-21-13-8-12-19-14-15-20(24-22(19)21)18-10-6-5-7-11-18/h5-8,10-15,23H,3-4,9,16-17H2,1-2H3. The summed E-state index contributed by atoms with van der Waals surface area (Å²) in [5.41, 5.74) is 4.34. The predicted octanol–water partition coefficient (Wildman–Crippen LogP) is 5.05. The first-order valence-electron chi connectivity index (χ1n) is 9.23. The number of para-hydroxylation sites is 1. The third kappa shape index (κ3) is 4.37. The largest absolute Gasteiger partial charge is 0.383 e. The highest BCUT2D eigenvalue weighted by atomic mass is 15.1. The zero-order chi connectivity index (χ0) is 17.5. The van der Waals surface area contributed by atoms with Crippen molar-refractivity contribution in [2.24, 2.45) is 0 Å². The molecule has 0 unspecified atom stereocenters. The van der Waals surface area contributed by atoms with Crippen molar-refractivity contribution < 1.29 is 0 Å². The summed E-state index contributed by atoms with van der Waals surface area (Å²) in [6.07, 6.45) is 1.14. The van der Waals surface area contributed by atoms with Crippen LogP contribution in [0.25, 0.3) is 22.2 Å². The van der Waals surface area contributed by atoms with Crippen LogP contribution in [0.2, 0.25) is 0 Å². The maximum absolute atomic E-state index is 4.92. The lowest BCUT2D eigenvalue weighted by molar-refractivity contribution is 0.303. The molecule has 130 valence electrons.